The van der Waals surface area contributed by atoms with Gasteiger partial charge in [-0.2, -0.15) is 4.98 Å². The molecule has 1 aliphatic carbocycles. The summed E-state index contributed by atoms with van der Waals surface area (Å²) in [7, 11) is 0. The number of rotatable bonds is 4. The summed E-state index contributed by atoms with van der Waals surface area (Å²) in [6, 6.07) is 0. The second kappa shape index (κ2) is 6.70. The molecule has 3 N–H and O–H groups in total. The van der Waals surface area contributed by atoms with Crippen molar-refractivity contribution in [2.45, 2.75) is 64.9 Å². The number of nitrogens with zero attached hydrogens (tertiary/aromatic N) is 2. The zero-order valence-corrected chi connectivity index (χ0v) is 11.9. The molecule has 1 aliphatic rings. The Morgan fingerprint density at radius 3 is 2.47 bits per heavy atom. The Balaban J connectivity index is 2.17. The number of hydrazine groups is 1. The maximum Gasteiger partial charge on any atom is 0.222 e. The molecule has 0 atom stereocenters. The van der Waals surface area contributed by atoms with Crippen LogP contribution in [0.1, 0.15) is 56.8 Å². The van der Waals surface area contributed by atoms with Gasteiger partial charge in [0.1, 0.15) is 17.7 Å². The van der Waals surface area contributed by atoms with Gasteiger partial charge in [0.15, 0.2) is 0 Å². The molecular formula is C14H24N4O. The van der Waals surface area contributed by atoms with Gasteiger partial charge in [0.05, 0.1) is 5.56 Å². The molecule has 106 valence electrons. The molecule has 0 bridgehead atoms. The van der Waals surface area contributed by atoms with Crippen molar-refractivity contribution in [1.29, 1.82) is 0 Å². The summed E-state index contributed by atoms with van der Waals surface area (Å²) in [6.45, 7) is 3.97. The van der Waals surface area contributed by atoms with E-state index in [2.05, 4.69) is 15.4 Å². The number of aromatic nitrogens is 2. The van der Waals surface area contributed by atoms with Gasteiger partial charge in [-0.15, -0.1) is 0 Å². The molecule has 1 aromatic rings. The molecule has 5 heteroatoms. The normalized spacial score (nSPS) is 17.0. The second-order valence-corrected chi connectivity index (χ2v) is 5.15. The van der Waals surface area contributed by atoms with Gasteiger partial charge in [0.2, 0.25) is 5.88 Å². The van der Waals surface area contributed by atoms with E-state index in [-0.39, 0.29) is 6.10 Å². The topological polar surface area (TPSA) is 73.1 Å². The monoisotopic (exact) mass is 264 g/mol. The van der Waals surface area contributed by atoms with Gasteiger partial charge in [0.25, 0.3) is 0 Å². The van der Waals surface area contributed by atoms with E-state index in [9.17, 15) is 0 Å². The number of nitrogens with one attached hydrogen (secondary N) is 1. The quantitative estimate of drug-likeness (QED) is 0.497. The van der Waals surface area contributed by atoms with Crippen LogP contribution in [0.5, 0.6) is 5.88 Å². The van der Waals surface area contributed by atoms with Crippen molar-refractivity contribution in [1.82, 2.24) is 9.97 Å². The fraction of sp³-hybridized carbons (Fsp3) is 0.714. The Bertz CT molecular complexity index is 414. The van der Waals surface area contributed by atoms with Crippen LogP contribution in [0, 0.1) is 6.92 Å². The summed E-state index contributed by atoms with van der Waals surface area (Å²) in [5.74, 6) is 7.62. The highest BCUT2D eigenvalue weighted by Gasteiger charge is 2.17. The second-order valence-electron chi connectivity index (χ2n) is 5.15. The van der Waals surface area contributed by atoms with Gasteiger partial charge >= 0.3 is 0 Å². The smallest absolute Gasteiger partial charge is 0.222 e. The molecule has 5 nitrogen and oxygen atoms in total. The maximum absolute atomic E-state index is 6.10. The van der Waals surface area contributed by atoms with Gasteiger partial charge in [-0.25, -0.2) is 10.8 Å². The molecule has 0 amide bonds. The molecule has 19 heavy (non-hydrogen) atoms. The Morgan fingerprint density at radius 2 is 1.89 bits per heavy atom. The lowest BCUT2D eigenvalue weighted by atomic mass is 10.1. The van der Waals surface area contributed by atoms with Gasteiger partial charge < -0.3 is 10.2 Å². The third kappa shape index (κ3) is 3.56. The first-order valence-corrected chi connectivity index (χ1v) is 7.25. The molecule has 1 saturated carbocycles. The van der Waals surface area contributed by atoms with Crippen LogP contribution in [0.15, 0.2) is 0 Å². The summed E-state index contributed by atoms with van der Waals surface area (Å²) in [4.78, 5) is 8.85. The van der Waals surface area contributed by atoms with Crippen LogP contribution in [0.3, 0.4) is 0 Å². The molecule has 1 fully saturated rings. The van der Waals surface area contributed by atoms with Crippen molar-refractivity contribution in [3.8, 4) is 5.88 Å². The van der Waals surface area contributed by atoms with E-state index in [1.165, 1.54) is 25.7 Å². The van der Waals surface area contributed by atoms with Crippen LogP contribution < -0.4 is 16.0 Å². The van der Waals surface area contributed by atoms with E-state index in [1.54, 1.807) is 0 Å². The van der Waals surface area contributed by atoms with Gasteiger partial charge in [-0.3, -0.25) is 0 Å². The highest BCUT2D eigenvalue weighted by molar-refractivity contribution is 5.47. The van der Waals surface area contributed by atoms with Crippen LogP contribution in [0.2, 0.25) is 0 Å². The third-order valence-electron chi connectivity index (χ3n) is 3.68. The van der Waals surface area contributed by atoms with E-state index >= 15 is 0 Å². The number of aryl methyl sites for hydroxylation is 1. The molecule has 0 radical (unpaired) electrons. The van der Waals surface area contributed by atoms with Crippen molar-refractivity contribution in [3.63, 3.8) is 0 Å². The highest BCUT2D eigenvalue weighted by atomic mass is 16.5. The number of hydrogen-bond donors (Lipinski definition) is 2. The minimum Gasteiger partial charge on any atom is -0.474 e. The number of ether oxygens (including phenoxy) is 1. The minimum atomic E-state index is 0.284. The van der Waals surface area contributed by atoms with Crippen molar-refractivity contribution < 1.29 is 4.74 Å². The highest BCUT2D eigenvalue weighted by Crippen LogP contribution is 2.26. The van der Waals surface area contributed by atoms with Crippen LogP contribution in [-0.4, -0.2) is 16.1 Å². The Labute approximate surface area is 114 Å². The lowest BCUT2D eigenvalue weighted by molar-refractivity contribution is 0.174. The summed E-state index contributed by atoms with van der Waals surface area (Å²) in [5.41, 5.74) is 3.52. The average molecular weight is 264 g/mol. The lowest BCUT2D eigenvalue weighted by Gasteiger charge is -2.19. The fourth-order valence-corrected chi connectivity index (χ4v) is 2.47. The van der Waals surface area contributed by atoms with Gasteiger partial charge in [-0.05, 0) is 32.6 Å². The predicted molar refractivity (Wildman–Crippen MR) is 76.1 cm³/mol. The molecule has 2 rings (SSSR count). The maximum atomic E-state index is 6.10. The fourth-order valence-electron chi connectivity index (χ4n) is 2.47. The van der Waals surface area contributed by atoms with Crippen molar-refractivity contribution in [3.05, 3.63) is 11.4 Å². The SMILES string of the molecule is CCc1nc(NN)c(C)c(OC2CCCCCC2)n1. The van der Waals surface area contributed by atoms with Crippen LogP contribution in [0.4, 0.5) is 5.82 Å². The summed E-state index contributed by atoms with van der Waals surface area (Å²) in [5, 5.41) is 0. The first kappa shape index (κ1) is 14.1. The standard InChI is InChI=1S/C14H24N4O/c1-3-12-16-13(18-15)10(2)14(17-12)19-11-8-6-4-5-7-9-11/h11H,3-9,15H2,1-2H3,(H,16,17,18). The molecule has 0 unspecified atom stereocenters. The molecule has 0 saturated heterocycles. The van der Waals surface area contributed by atoms with Gasteiger partial charge in [-0.1, -0.05) is 19.8 Å². The number of anilines is 1. The lowest BCUT2D eigenvalue weighted by Crippen LogP contribution is -2.19. The molecule has 0 aliphatic heterocycles. The molecular weight excluding hydrogens is 240 g/mol. The molecule has 0 aromatic carbocycles. The minimum absolute atomic E-state index is 0.284. The van der Waals surface area contributed by atoms with Crippen LogP contribution in [0.25, 0.3) is 0 Å². The molecule has 0 spiro atoms. The zero-order chi connectivity index (χ0) is 13.7. The number of hydrogen-bond acceptors (Lipinski definition) is 5. The largest absolute Gasteiger partial charge is 0.474 e. The Kier molecular flexibility index (Phi) is 4.96. The van der Waals surface area contributed by atoms with Crippen LogP contribution in [-0.2, 0) is 6.42 Å². The van der Waals surface area contributed by atoms with Crippen molar-refractivity contribution >= 4 is 5.82 Å². The zero-order valence-electron chi connectivity index (χ0n) is 11.9. The Morgan fingerprint density at radius 1 is 1.21 bits per heavy atom. The van der Waals surface area contributed by atoms with E-state index < -0.39 is 0 Å². The van der Waals surface area contributed by atoms with Crippen molar-refractivity contribution in [2.75, 3.05) is 5.43 Å². The summed E-state index contributed by atoms with van der Waals surface area (Å²) >= 11 is 0. The first-order chi connectivity index (χ1) is 9.24. The van der Waals surface area contributed by atoms with E-state index in [0.29, 0.717) is 11.7 Å². The first-order valence-electron chi connectivity index (χ1n) is 7.25. The molecule has 1 heterocycles. The molecule has 1 aromatic heterocycles. The third-order valence-corrected chi connectivity index (χ3v) is 3.68. The Hall–Kier alpha value is -1.36. The predicted octanol–water partition coefficient (Wildman–Crippen LogP) is 2.73. The summed E-state index contributed by atoms with van der Waals surface area (Å²) in [6.07, 6.45) is 8.43. The average Bonchev–Trinajstić information content (AvgIpc) is 2.69. The summed E-state index contributed by atoms with van der Waals surface area (Å²) < 4.78 is 6.10. The van der Waals surface area contributed by atoms with E-state index in [0.717, 1.165) is 30.7 Å². The van der Waals surface area contributed by atoms with Crippen molar-refractivity contribution in [2.24, 2.45) is 5.84 Å². The van der Waals surface area contributed by atoms with Gasteiger partial charge in [0, 0.05) is 6.42 Å². The van der Waals surface area contributed by atoms with E-state index in [4.69, 9.17) is 10.6 Å². The number of nitrogen functional groups attached to an aromatic ring is 1. The van der Waals surface area contributed by atoms with E-state index in [1.807, 2.05) is 13.8 Å². The van der Waals surface area contributed by atoms with Crippen LogP contribution >= 0.6 is 0 Å². The number of nitrogens with two attached hydrogens (primary N) is 1.